The number of aromatic nitrogens is 1. The first-order valence-corrected chi connectivity index (χ1v) is 7.71. The Morgan fingerprint density at radius 3 is 2.29 bits per heavy atom. The average Bonchev–Trinajstić information content (AvgIpc) is 2.62. The highest BCUT2D eigenvalue weighted by molar-refractivity contribution is 5.81. The molecule has 0 radical (unpaired) electrons. The summed E-state index contributed by atoms with van der Waals surface area (Å²) >= 11 is 0. The van der Waals surface area contributed by atoms with Crippen LogP contribution < -0.4 is 5.73 Å². The zero-order valence-corrected chi connectivity index (χ0v) is 13.9. The van der Waals surface area contributed by atoms with Crippen molar-refractivity contribution >= 4 is 5.82 Å². The highest BCUT2D eigenvalue weighted by atomic mass is 19.4. The van der Waals surface area contributed by atoms with Crippen molar-refractivity contribution in [1.82, 2.24) is 4.98 Å². The van der Waals surface area contributed by atoms with Gasteiger partial charge in [0.1, 0.15) is 23.3 Å². The van der Waals surface area contributed by atoms with Crippen molar-refractivity contribution in [2.45, 2.75) is 6.18 Å². The maximum atomic E-state index is 13.7. The second-order valence-electron chi connectivity index (χ2n) is 5.86. The van der Waals surface area contributed by atoms with Gasteiger partial charge in [-0.05, 0) is 42.0 Å². The lowest BCUT2D eigenvalue weighted by atomic mass is 9.97. The van der Waals surface area contributed by atoms with Crippen LogP contribution in [0.3, 0.4) is 0 Å². The van der Waals surface area contributed by atoms with E-state index in [-0.39, 0.29) is 33.8 Å². The van der Waals surface area contributed by atoms with Crippen molar-refractivity contribution in [3.05, 3.63) is 59.4 Å². The number of hydrogen-bond donors (Lipinski definition) is 3. The number of nitriles is 1. The zero-order valence-electron chi connectivity index (χ0n) is 13.9. The van der Waals surface area contributed by atoms with Gasteiger partial charge in [0.05, 0.1) is 11.3 Å². The number of phenolic OH excluding ortho intramolecular Hbond substituents is 2. The topological polar surface area (TPSA) is 103 Å². The van der Waals surface area contributed by atoms with E-state index in [0.717, 1.165) is 18.2 Å². The van der Waals surface area contributed by atoms with Gasteiger partial charge in [-0.25, -0.2) is 9.37 Å². The number of rotatable bonds is 2. The van der Waals surface area contributed by atoms with E-state index in [2.05, 4.69) is 4.98 Å². The molecule has 0 aliphatic rings. The summed E-state index contributed by atoms with van der Waals surface area (Å²) in [5.41, 5.74) is 4.62. The molecule has 3 rings (SSSR count). The molecule has 0 unspecified atom stereocenters. The molecule has 0 fully saturated rings. The summed E-state index contributed by atoms with van der Waals surface area (Å²) in [4.78, 5) is 3.91. The molecule has 4 N–H and O–H groups in total. The lowest BCUT2D eigenvalue weighted by Crippen LogP contribution is -2.06. The number of nitrogen functional groups attached to an aromatic ring is 1. The van der Waals surface area contributed by atoms with Gasteiger partial charge in [-0.1, -0.05) is 6.07 Å². The highest BCUT2D eigenvalue weighted by Gasteiger charge is 2.31. The van der Waals surface area contributed by atoms with Crippen LogP contribution in [0.25, 0.3) is 22.4 Å². The van der Waals surface area contributed by atoms with Gasteiger partial charge >= 0.3 is 6.18 Å². The van der Waals surface area contributed by atoms with Crippen molar-refractivity contribution in [1.29, 1.82) is 5.26 Å². The van der Waals surface area contributed by atoms with E-state index in [1.54, 1.807) is 0 Å². The molecule has 0 spiro atoms. The van der Waals surface area contributed by atoms with Crippen molar-refractivity contribution in [3.63, 3.8) is 0 Å². The largest absolute Gasteiger partial charge is 0.504 e. The Bertz CT molecular complexity index is 1120. The predicted molar refractivity (Wildman–Crippen MR) is 92.5 cm³/mol. The Labute approximate surface area is 155 Å². The summed E-state index contributed by atoms with van der Waals surface area (Å²) in [6.45, 7) is 0. The van der Waals surface area contributed by atoms with Gasteiger partial charge < -0.3 is 15.9 Å². The van der Waals surface area contributed by atoms with Crippen LogP contribution in [0, 0.1) is 17.1 Å². The van der Waals surface area contributed by atoms with E-state index >= 15 is 0 Å². The SMILES string of the molecule is N#Cc1c(-c2ccc(O)c(O)c2)cc(-c2cc(F)cc(C(F)(F)F)c2)nc1N. The molecule has 0 atom stereocenters. The van der Waals surface area contributed by atoms with E-state index in [4.69, 9.17) is 5.73 Å². The average molecular weight is 389 g/mol. The van der Waals surface area contributed by atoms with Gasteiger partial charge in [0.25, 0.3) is 0 Å². The minimum absolute atomic E-state index is 0.0821. The van der Waals surface area contributed by atoms with Crippen LogP contribution in [0.4, 0.5) is 23.4 Å². The summed E-state index contributed by atoms with van der Waals surface area (Å²) in [5, 5.41) is 28.5. The number of nitrogens with two attached hydrogens (primary N) is 1. The van der Waals surface area contributed by atoms with Gasteiger partial charge in [0.2, 0.25) is 0 Å². The Kier molecular flexibility index (Phi) is 4.56. The second kappa shape index (κ2) is 6.74. The molecule has 2 aromatic carbocycles. The molecule has 5 nitrogen and oxygen atoms in total. The summed E-state index contributed by atoms with van der Waals surface area (Å²) in [5.74, 6) is -2.26. The standard InChI is InChI=1S/C19H11F4N3O2/c20-12-4-10(3-11(6-12)19(21,22)23)15-7-13(14(8-24)18(25)26-15)9-1-2-16(27)17(28)5-9/h1-7,27-28H,(H2,25,26). The second-order valence-corrected chi connectivity index (χ2v) is 5.86. The molecule has 0 bridgehead atoms. The van der Waals surface area contributed by atoms with Crippen LogP contribution in [0.2, 0.25) is 0 Å². The van der Waals surface area contributed by atoms with E-state index in [9.17, 15) is 33.0 Å². The quantitative estimate of drug-likeness (QED) is 0.444. The molecule has 9 heteroatoms. The van der Waals surface area contributed by atoms with Crippen LogP contribution in [0.5, 0.6) is 11.5 Å². The van der Waals surface area contributed by atoms with Gasteiger partial charge in [-0.15, -0.1) is 0 Å². The van der Waals surface area contributed by atoms with E-state index in [0.29, 0.717) is 6.07 Å². The Morgan fingerprint density at radius 2 is 1.68 bits per heavy atom. The molecule has 0 saturated heterocycles. The molecule has 142 valence electrons. The highest BCUT2D eigenvalue weighted by Crippen LogP contribution is 2.37. The maximum absolute atomic E-state index is 13.7. The third kappa shape index (κ3) is 3.53. The van der Waals surface area contributed by atoms with Crippen molar-refractivity contribution in [3.8, 4) is 40.0 Å². The van der Waals surface area contributed by atoms with Gasteiger partial charge in [0, 0.05) is 11.1 Å². The molecule has 28 heavy (non-hydrogen) atoms. The van der Waals surface area contributed by atoms with Crippen molar-refractivity contribution in [2.75, 3.05) is 5.73 Å². The van der Waals surface area contributed by atoms with E-state index in [1.165, 1.54) is 18.2 Å². The molecular formula is C19H11F4N3O2. The summed E-state index contributed by atoms with van der Waals surface area (Å²) in [6.07, 6.45) is -4.76. The maximum Gasteiger partial charge on any atom is 0.416 e. The number of aromatic hydroxyl groups is 2. The summed E-state index contributed by atoms with van der Waals surface area (Å²) in [6, 6.07) is 8.74. The first kappa shape index (κ1) is 19.0. The number of phenols is 2. The number of alkyl halides is 3. The first-order chi connectivity index (χ1) is 13.1. The normalized spacial score (nSPS) is 11.2. The van der Waals surface area contributed by atoms with Gasteiger partial charge in [-0.3, -0.25) is 0 Å². The third-order valence-corrected chi connectivity index (χ3v) is 3.97. The van der Waals surface area contributed by atoms with Gasteiger partial charge in [-0.2, -0.15) is 18.4 Å². The van der Waals surface area contributed by atoms with Crippen LogP contribution in [-0.2, 0) is 6.18 Å². The fourth-order valence-corrected chi connectivity index (χ4v) is 2.65. The molecule has 0 saturated carbocycles. The number of anilines is 1. The molecule has 1 aromatic heterocycles. The summed E-state index contributed by atoms with van der Waals surface area (Å²) < 4.78 is 52.7. The number of halogens is 4. The van der Waals surface area contributed by atoms with Crippen LogP contribution in [0.1, 0.15) is 11.1 Å². The van der Waals surface area contributed by atoms with Gasteiger partial charge in [0.15, 0.2) is 11.5 Å². The number of nitrogens with zero attached hydrogens (tertiary/aromatic N) is 2. The first-order valence-electron chi connectivity index (χ1n) is 7.71. The molecular weight excluding hydrogens is 378 g/mol. The molecule has 1 heterocycles. The minimum atomic E-state index is -4.76. The fraction of sp³-hybridized carbons (Fsp3) is 0.0526. The fourth-order valence-electron chi connectivity index (χ4n) is 2.65. The van der Waals surface area contributed by atoms with Crippen LogP contribution in [0.15, 0.2) is 42.5 Å². The minimum Gasteiger partial charge on any atom is -0.504 e. The Hall–Kier alpha value is -3.80. The number of benzene rings is 2. The van der Waals surface area contributed by atoms with Crippen molar-refractivity contribution < 1.29 is 27.8 Å². The molecule has 0 aliphatic carbocycles. The van der Waals surface area contributed by atoms with E-state index < -0.39 is 29.1 Å². The molecule has 0 aliphatic heterocycles. The molecule has 0 amide bonds. The van der Waals surface area contributed by atoms with E-state index in [1.807, 2.05) is 6.07 Å². The van der Waals surface area contributed by atoms with Crippen LogP contribution in [-0.4, -0.2) is 15.2 Å². The Balaban J connectivity index is 2.25. The third-order valence-electron chi connectivity index (χ3n) is 3.97. The smallest absolute Gasteiger partial charge is 0.416 e. The van der Waals surface area contributed by atoms with Crippen LogP contribution >= 0.6 is 0 Å². The Morgan fingerprint density at radius 1 is 0.964 bits per heavy atom. The summed E-state index contributed by atoms with van der Waals surface area (Å²) in [7, 11) is 0. The molecule has 3 aromatic rings. The monoisotopic (exact) mass is 389 g/mol. The number of pyridine rings is 1. The zero-order chi connectivity index (χ0) is 20.6. The number of hydrogen-bond acceptors (Lipinski definition) is 5. The van der Waals surface area contributed by atoms with Crippen molar-refractivity contribution in [2.24, 2.45) is 0 Å². The lowest BCUT2D eigenvalue weighted by molar-refractivity contribution is -0.137. The predicted octanol–water partition coefficient (Wildman–Crippen LogP) is 4.44. The lowest BCUT2D eigenvalue weighted by Gasteiger charge is -2.13.